The molecule has 3 N–H and O–H groups in total. The summed E-state index contributed by atoms with van der Waals surface area (Å²) >= 11 is 0. The smallest absolute Gasteiger partial charge is 0.216 e. The summed E-state index contributed by atoms with van der Waals surface area (Å²) in [5.74, 6) is 0.571. The highest BCUT2D eigenvalue weighted by atomic mass is 16.5. The number of anilines is 1. The van der Waals surface area contributed by atoms with Crippen LogP contribution in [0.3, 0.4) is 0 Å². The van der Waals surface area contributed by atoms with Gasteiger partial charge in [0.1, 0.15) is 12.1 Å². The van der Waals surface area contributed by atoms with Crippen LogP contribution in [0.1, 0.15) is 12.8 Å². The molecule has 0 spiro atoms. The van der Waals surface area contributed by atoms with Crippen molar-refractivity contribution < 1.29 is 4.74 Å². The minimum absolute atomic E-state index is 0.428. The molecule has 0 bridgehead atoms. The van der Waals surface area contributed by atoms with Crippen LogP contribution in [0.5, 0.6) is 5.88 Å². The van der Waals surface area contributed by atoms with Crippen LogP contribution in [-0.2, 0) is 0 Å². The molecule has 5 nitrogen and oxygen atoms in total. The first kappa shape index (κ1) is 11.2. The molecule has 94 valence electrons. The summed E-state index contributed by atoms with van der Waals surface area (Å²) in [4.78, 5) is 8.61. The molecule has 0 radical (unpaired) electrons. The van der Waals surface area contributed by atoms with E-state index in [1.165, 1.54) is 6.42 Å². The van der Waals surface area contributed by atoms with Gasteiger partial charge >= 0.3 is 0 Å². The number of aromatic nitrogens is 2. The lowest BCUT2D eigenvalue weighted by atomic mass is 10.2. The number of rotatable bonds is 3. The molecule has 0 aliphatic carbocycles. The summed E-state index contributed by atoms with van der Waals surface area (Å²) in [7, 11) is 0. The number of hydrogen-bond donors (Lipinski definition) is 2. The number of nitrogens with two attached hydrogens (primary N) is 1. The Morgan fingerprint density at radius 2 is 2.44 bits per heavy atom. The number of hydrogen-bond acceptors (Lipinski definition) is 5. The minimum Gasteiger partial charge on any atom is -0.476 e. The van der Waals surface area contributed by atoms with Gasteiger partial charge in [-0.1, -0.05) is 0 Å². The first-order valence-corrected chi connectivity index (χ1v) is 6.20. The van der Waals surface area contributed by atoms with Crippen LogP contribution in [0.25, 0.3) is 11.0 Å². The number of fused-ring (bicyclic) bond motifs is 1. The van der Waals surface area contributed by atoms with Crippen LogP contribution in [0.15, 0.2) is 24.4 Å². The first-order valence-electron chi connectivity index (χ1n) is 6.20. The van der Waals surface area contributed by atoms with E-state index < -0.39 is 0 Å². The van der Waals surface area contributed by atoms with E-state index in [0.29, 0.717) is 24.2 Å². The molecule has 0 saturated carbocycles. The molecule has 1 saturated heterocycles. The fourth-order valence-corrected chi connectivity index (χ4v) is 2.22. The Bertz CT molecular complexity index is 552. The SMILES string of the molecule is Nc1cc(OCC2CCCN2)nc2cccnc12. The average molecular weight is 244 g/mol. The fraction of sp³-hybridized carbons (Fsp3) is 0.385. The number of nitrogens with zero attached hydrogens (tertiary/aromatic N) is 2. The summed E-state index contributed by atoms with van der Waals surface area (Å²) in [5.41, 5.74) is 8.05. The maximum Gasteiger partial charge on any atom is 0.216 e. The lowest BCUT2D eigenvalue weighted by Crippen LogP contribution is -2.28. The van der Waals surface area contributed by atoms with Gasteiger partial charge in [0.05, 0.1) is 11.2 Å². The van der Waals surface area contributed by atoms with E-state index in [1.54, 1.807) is 12.3 Å². The standard InChI is InChI=1S/C13H16N4O/c14-10-7-12(18-8-9-3-1-5-15-9)17-11-4-2-6-16-13(10)11/h2,4,6-7,9,15H,1,3,5,8H2,(H2,14,17). The minimum atomic E-state index is 0.428. The van der Waals surface area contributed by atoms with E-state index in [0.717, 1.165) is 24.0 Å². The predicted molar refractivity (Wildman–Crippen MR) is 70.5 cm³/mol. The maximum atomic E-state index is 5.94. The van der Waals surface area contributed by atoms with Gasteiger partial charge in [-0.3, -0.25) is 4.98 Å². The number of pyridine rings is 2. The van der Waals surface area contributed by atoms with Crippen molar-refractivity contribution in [2.24, 2.45) is 0 Å². The highest BCUT2D eigenvalue weighted by Gasteiger charge is 2.15. The van der Waals surface area contributed by atoms with E-state index in [2.05, 4.69) is 15.3 Å². The van der Waals surface area contributed by atoms with Crippen molar-refractivity contribution in [3.8, 4) is 5.88 Å². The van der Waals surface area contributed by atoms with E-state index in [-0.39, 0.29) is 0 Å². The van der Waals surface area contributed by atoms with Gasteiger partial charge in [-0.2, -0.15) is 0 Å². The Kier molecular flexibility index (Phi) is 2.98. The van der Waals surface area contributed by atoms with Crippen LogP contribution in [0.4, 0.5) is 5.69 Å². The van der Waals surface area contributed by atoms with E-state index in [1.807, 2.05) is 12.1 Å². The van der Waals surface area contributed by atoms with E-state index >= 15 is 0 Å². The molecule has 0 amide bonds. The molecule has 3 rings (SSSR count). The molecule has 0 aromatic carbocycles. The van der Waals surface area contributed by atoms with Crippen LogP contribution >= 0.6 is 0 Å². The summed E-state index contributed by atoms with van der Waals surface area (Å²) in [6.07, 6.45) is 4.08. The van der Waals surface area contributed by atoms with Crippen molar-refractivity contribution in [3.05, 3.63) is 24.4 Å². The topological polar surface area (TPSA) is 73.1 Å². The molecule has 5 heteroatoms. The van der Waals surface area contributed by atoms with Crippen molar-refractivity contribution in [1.29, 1.82) is 0 Å². The molecule has 1 unspecified atom stereocenters. The Hall–Kier alpha value is -1.88. The number of ether oxygens (including phenoxy) is 1. The zero-order chi connectivity index (χ0) is 12.4. The normalized spacial score (nSPS) is 19.2. The van der Waals surface area contributed by atoms with Crippen molar-refractivity contribution in [1.82, 2.24) is 15.3 Å². The van der Waals surface area contributed by atoms with Crippen molar-refractivity contribution in [2.45, 2.75) is 18.9 Å². The first-order chi connectivity index (χ1) is 8.83. The number of nitrogen functional groups attached to an aromatic ring is 1. The highest BCUT2D eigenvalue weighted by molar-refractivity contribution is 5.86. The van der Waals surface area contributed by atoms with Crippen molar-refractivity contribution in [2.75, 3.05) is 18.9 Å². The molecule has 18 heavy (non-hydrogen) atoms. The fourth-order valence-electron chi connectivity index (χ4n) is 2.22. The predicted octanol–water partition coefficient (Wildman–Crippen LogP) is 1.34. The van der Waals surface area contributed by atoms with Crippen LogP contribution in [0, 0.1) is 0 Å². The van der Waals surface area contributed by atoms with Crippen LogP contribution in [0.2, 0.25) is 0 Å². The second-order valence-electron chi connectivity index (χ2n) is 4.53. The van der Waals surface area contributed by atoms with Gasteiger partial charge in [0.25, 0.3) is 0 Å². The summed E-state index contributed by atoms with van der Waals surface area (Å²) in [6, 6.07) is 5.90. The third kappa shape index (κ3) is 2.22. The largest absolute Gasteiger partial charge is 0.476 e. The molecular formula is C13H16N4O. The monoisotopic (exact) mass is 244 g/mol. The summed E-state index contributed by atoms with van der Waals surface area (Å²) in [5, 5.41) is 3.38. The lowest BCUT2D eigenvalue weighted by molar-refractivity contribution is 0.268. The molecule has 3 heterocycles. The van der Waals surface area contributed by atoms with Gasteiger partial charge in [-0.25, -0.2) is 4.98 Å². The molecule has 1 aliphatic heterocycles. The molecule has 2 aromatic rings. The molecule has 2 aromatic heterocycles. The van der Waals surface area contributed by atoms with Gasteiger partial charge in [-0.05, 0) is 31.5 Å². The second-order valence-corrected chi connectivity index (χ2v) is 4.53. The Labute approximate surface area is 105 Å². The Morgan fingerprint density at radius 3 is 3.28 bits per heavy atom. The van der Waals surface area contributed by atoms with Crippen molar-refractivity contribution >= 4 is 16.7 Å². The van der Waals surface area contributed by atoms with Gasteiger partial charge in [0.2, 0.25) is 5.88 Å². The van der Waals surface area contributed by atoms with E-state index in [9.17, 15) is 0 Å². The van der Waals surface area contributed by atoms with E-state index in [4.69, 9.17) is 10.5 Å². The average Bonchev–Trinajstić information content (AvgIpc) is 2.90. The van der Waals surface area contributed by atoms with Gasteiger partial charge in [0.15, 0.2) is 0 Å². The third-order valence-electron chi connectivity index (χ3n) is 3.16. The maximum absolute atomic E-state index is 5.94. The van der Waals surface area contributed by atoms with Crippen LogP contribution in [-0.4, -0.2) is 29.2 Å². The zero-order valence-corrected chi connectivity index (χ0v) is 10.1. The number of nitrogens with one attached hydrogen (secondary N) is 1. The second kappa shape index (κ2) is 4.78. The summed E-state index contributed by atoms with van der Waals surface area (Å²) < 4.78 is 5.70. The zero-order valence-electron chi connectivity index (χ0n) is 10.1. The Morgan fingerprint density at radius 1 is 1.50 bits per heavy atom. The third-order valence-corrected chi connectivity index (χ3v) is 3.16. The summed E-state index contributed by atoms with van der Waals surface area (Å²) in [6.45, 7) is 1.71. The highest BCUT2D eigenvalue weighted by Crippen LogP contribution is 2.22. The van der Waals surface area contributed by atoms with Gasteiger partial charge in [0, 0.05) is 18.3 Å². The molecule has 1 aliphatic rings. The molecular weight excluding hydrogens is 228 g/mol. The van der Waals surface area contributed by atoms with Crippen molar-refractivity contribution in [3.63, 3.8) is 0 Å². The quantitative estimate of drug-likeness (QED) is 0.852. The van der Waals surface area contributed by atoms with Crippen LogP contribution < -0.4 is 15.8 Å². The lowest BCUT2D eigenvalue weighted by Gasteiger charge is -2.12. The van der Waals surface area contributed by atoms with Gasteiger partial charge in [-0.15, -0.1) is 0 Å². The molecule has 1 fully saturated rings. The molecule has 1 atom stereocenters. The van der Waals surface area contributed by atoms with Gasteiger partial charge < -0.3 is 15.8 Å². The Balaban J connectivity index is 1.79.